The van der Waals surface area contributed by atoms with Gasteiger partial charge in [-0.15, -0.1) is 35.3 Å². The number of rotatable bonds is 7. The number of thiazole rings is 1. The van der Waals surface area contributed by atoms with Crippen molar-refractivity contribution in [1.29, 1.82) is 0 Å². The van der Waals surface area contributed by atoms with Gasteiger partial charge in [-0.3, -0.25) is 0 Å². The van der Waals surface area contributed by atoms with Crippen LogP contribution in [0.4, 0.5) is 0 Å². The molecule has 2 aromatic rings. The second-order valence-electron chi connectivity index (χ2n) is 7.74. The first-order chi connectivity index (χ1) is 14.0. The first-order valence-corrected chi connectivity index (χ1v) is 11.6. The van der Waals surface area contributed by atoms with E-state index in [0.717, 1.165) is 60.8 Å². The Bertz CT molecular complexity index is 821. The Hall–Kier alpha value is -0.900. The van der Waals surface area contributed by atoms with Gasteiger partial charge in [0.2, 0.25) is 0 Å². The van der Waals surface area contributed by atoms with E-state index < -0.39 is 0 Å². The molecule has 2 N–H and O–H groups in total. The van der Waals surface area contributed by atoms with Crippen LogP contribution in [0.15, 0.2) is 34.6 Å². The molecule has 0 bridgehead atoms. The molecule has 5 nitrogen and oxygen atoms in total. The highest BCUT2D eigenvalue weighted by atomic mass is 127. The van der Waals surface area contributed by atoms with Crippen LogP contribution in [0, 0.1) is 0 Å². The van der Waals surface area contributed by atoms with E-state index in [-0.39, 0.29) is 29.4 Å². The van der Waals surface area contributed by atoms with Gasteiger partial charge < -0.3 is 15.4 Å². The van der Waals surface area contributed by atoms with E-state index in [1.165, 1.54) is 5.56 Å². The SMILES string of the molecule is CCNC(=NCc1nc(C(C)C)cs1)NCC1(c2ccccc2Cl)CCOCC1.I. The smallest absolute Gasteiger partial charge is 0.191 e. The van der Waals surface area contributed by atoms with Crippen molar-refractivity contribution in [3.8, 4) is 0 Å². The quantitative estimate of drug-likeness (QED) is 0.272. The number of benzene rings is 1. The second-order valence-corrected chi connectivity index (χ2v) is 9.09. The van der Waals surface area contributed by atoms with Crippen LogP contribution in [0.3, 0.4) is 0 Å². The largest absolute Gasteiger partial charge is 0.381 e. The zero-order valence-corrected chi connectivity index (χ0v) is 21.8. The Morgan fingerprint density at radius 2 is 2.00 bits per heavy atom. The number of aromatic nitrogens is 1. The molecular weight excluding hydrogens is 531 g/mol. The lowest BCUT2D eigenvalue weighted by Crippen LogP contribution is -2.48. The third kappa shape index (κ3) is 6.55. The highest BCUT2D eigenvalue weighted by Crippen LogP contribution is 2.38. The van der Waals surface area contributed by atoms with Crippen LogP contribution in [-0.4, -0.2) is 37.2 Å². The monoisotopic (exact) mass is 562 g/mol. The minimum absolute atomic E-state index is 0. The van der Waals surface area contributed by atoms with Crippen LogP contribution >= 0.6 is 46.9 Å². The number of aliphatic imine (C=N–C) groups is 1. The van der Waals surface area contributed by atoms with Crippen molar-refractivity contribution in [2.24, 2.45) is 4.99 Å². The average Bonchev–Trinajstić information content (AvgIpc) is 3.20. The molecule has 1 saturated heterocycles. The molecule has 0 aliphatic carbocycles. The molecule has 0 saturated carbocycles. The van der Waals surface area contributed by atoms with Crippen molar-refractivity contribution in [1.82, 2.24) is 15.6 Å². The Morgan fingerprint density at radius 1 is 1.27 bits per heavy atom. The van der Waals surface area contributed by atoms with Crippen LogP contribution in [0.2, 0.25) is 5.02 Å². The molecule has 2 heterocycles. The van der Waals surface area contributed by atoms with Gasteiger partial charge in [-0.25, -0.2) is 9.98 Å². The van der Waals surface area contributed by atoms with Gasteiger partial charge in [0.1, 0.15) is 5.01 Å². The maximum absolute atomic E-state index is 6.57. The van der Waals surface area contributed by atoms with Gasteiger partial charge in [-0.1, -0.05) is 43.6 Å². The fourth-order valence-corrected chi connectivity index (χ4v) is 4.81. The molecule has 166 valence electrons. The zero-order valence-electron chi connectivity index (χ0n) is 17.9. The number of nitrogens with zero attached hydrogens (tertiary/aromatic N) is 2. The summed E-state index contributed by atoms with van der Waals surface area (Å²) in [5, 5.41) is 10.9. The topological polar surface area (TPSA) is 58.5 Å². The lowest BCUT2D eigenvalue weighted by atomic mass is 9.74. The average molecular weight is 563 g/mol. The summed E-state index contributed by atoms with van der Waals surface area (Å²) in [5.41, 5.74) is 2.27. The molecule has 1 aromatic heterocycles. The van der Waals surface area contributed by atoms with Crippen molar-refractivity contribution in [2.45, 2.75) is 51.5 Å². The fourth-order valence-electron chi connectivity index (χ4n) is 3.60. The highest BCUT2D eigenvalue weighted by Gasteiger charge is 2.36. The van der Waals surface area contributed by atoms with Gasteiger partial charge >= 0.3 is 0 Å². The minimum Gasteiger partial charge on any atom is -0.381 e. The molecule has 1 aliphatic rings. The van der Waals surface area contributed by atoms with Crippen LogP contribution in [-0.2, 0) is 16.7 Å². The Morgan fingerprint density at radius 3 is 2.63 bits per heavy atom. The molecular formula is C22H32ClIN4OS. The Labute approximate surface area is 206 Å². The Balaban J connectivity index is 0.00000320. The maximum Gasteiger partial charge on any atom is 0.191 e. The normalized spacial score (nSPS) is 16.2. The number of ether oxygens (including phenoxy) is 1. The predicted molar refractivity (Wildman–Crippen MR) is 138 cm³/mol. The van der Waals surface area contributed by atoms with E-state index in [9.17, 15) is 0 Å². The number of hydrogen-bond donors (Lipinski definition) is 2. The standard InChI is InChI=1S/C22H31ClN4OS.HI/c1-4-24-21(25-13-20-27-19(14-29-20)16(2)3)26-15-22(9-11-28-12-10-22)17-7-5-6-8-18(17)23;/h5-8,14,16H,4,9-13,15H2,1-3H3,(H2,24,25,26);1H. The number of guanidine groups is 1. The van der Waals surface area contributed by atoms with Gasteiger partial charge in [-0.2, -0.15) is 0 Å². The summed E-state index contributed by atoms with van der Waals surface area (Å²) >= 11 is 8.25. The molecule has 30 heavy (non-hydrogen) atoms. The van der Waals surface area contributed by atoms with Crippen LogP contribution < -0.4 is 10.6 Å². The van der Waals surface area contributed by atoms with E-state index in [1.54, 1.807) is 11.3 Å². The minimum atomic E-state index is -0.0568. The van der Waals surface area contributed by atoms with Gasteiger partial charge in [0, 0.05) is 42.1 Å². The molecule has 1 aliphatic heterocycles. The van der Waals surface area contributed by atoms with Crippen LogP contribution in [0.5, 0.6) is 0 Å². The van der Waals surface area contributed by atoms with Crippen molar-refractivity contribution < 1.29 is 4.74 Å². The van der Waals surface area contributed by atoms with Gasteiger partial charge in [0.05, 0.1) is 12.2 Å². The van der Waals surface area contributed by atoms with Gasteiger partial charge in [0.15, 0.2) is 5.96 Å². The van der Waals surface area contributed by atoms with Gasteiger partial charge in [-0.05, 0) is 37.3 Å². The van der Waals surface area contributed by atoms with E-state index in [4.69, 9.17) is 21.3 Å². The van der Waals surface area contributed by atoms with E-state index >= 15 is 0 Å². The molecule has 0 atom stereocenters. The maximum atomic E-state index is 6.57. The first-order valence-electron chi connectivity index (χ1n) is 10.3. The molecule has 0 amide bonds. The summed E-state index contributed by atoms with van der Waals surface area (Å²) in [6, 6.07) is 8.16. The molecule has 0 unspecified atom stereocenters. The van der Waals surface area contributed by atoms with E-state index in [2.05, 4.69) is 53.9 Å². The number of nitrogens with one attached hydrogen (secondary N) is 2. The highest BCUT2D eigenvalue weighted by molar-refractivity contribution is 14.0. The fraction of sp³-hybridized carbons (Fsp3) is 0.545. The Kier molecular flexibility index (Phi) is 10.3. The zero-order chi connectivity index (χ0) is 20.7. The third-order valence-electron chi connectivity index (χ3n) is 5.37. The van der Waals surface area contributed by atoms with E-state index in [1.807, 2.05) is 12.1 Å². The summed E-state index contributed by atoms with van der Waals surface area (Å²) in [6.45, 7) is 10.1. The third-order valence-corrected chi connectivity index (χ3v) is 6.55. The van der Waals surface area contributed by atoms with Crippen LogP contribution in [0.25, 0.3) is 0 Å². The predicted octanol–water partition coefficient (Wildman–Crippen LogP) is 5.34. The molecule has 8 heteroatoms. The number of hydrogen-bond acceptors (Lipinski definition) is 4. The molecule has 1 fully saturated rings. The van der Waals surface area contributed by atoms with Crippen molar-refractivity contribution >= 4 is 52.9 Å². The molecule has 0 spiro atoms. The lowest BCUT2D eigenvalue weighted by molar-refractivity contribution is 0.0514. The van der Waals surface area contributed by atoms with E-state index in [0.29, 0.717) is 12.5 Å². The number of halogens is 2. The summed E-state index contributed by atoms with van der Waals surface area (Å²) in [5.74, 6) is 1.26. The van der Waals surface area contributed by atoms with Crippen LogP contribution in [0.1, 0.15) is 55.8 Å². The molecule has 3 rings (SSSR count). The summed E-state index contributed by atoms with van der Waals surface area (Å²) in [7, 11) is 0. The van der Waals surface area contributed by atoms with Gasteiger partial charge in [0.25, 0.3) is 0 Å². The lowest BCUT2D eigenvalue weighted by Gasteiger charge is -2.38. The molecule has 0 radical (unpaired) electrons. The summed E-state index contributed by atoms with van der Waals surface area (Å²) < 4.78 is 5.64. The second kappa shape index (κ2) is 12.2. The van der Waals surface area contributed by atoms with Crippen molar-refractivity contribution in [3.05, 3.63) is 50.9 Å². The van der Waals surface area contributed by atoms with Crippen molar-refractivity contribution in [3.63, 3.8) is 0 Å². The molecule has 1 aromatic carbocycles. The summed E-state index contributed by atoms with van der Waals surface area (Å²) in [6.07, 6.45) is 1.88. The van der Waals surface area contributed by atoms with Crippen molar-refractivity contribution in [2.75, 3.05) is 26.3 Å². The first kappa shape index (κ1) is 25.4. The summed E-state index contributed by atoms with van der Waals surface area (Å²) in [4.78, 5) is 9.45.